The van der Waals surface area contributed by atoms with Gasteiger partial charge < -0.3 is 20.2 Å². The number of likely N-dealkylation sites (N-methyl/N-ethyl adjacent to an activating group) is 1. The molecule has 0 bridgehead atoms. The van der Waals surface area contributed by atoms with E-state index in [9.17, 15) is 14.4 Å². The van der Waals surface area contributed by atoms with E-state index < -0.39 is 11.5 Å². The molecule has 1 aliphatic rings. The minimum absolute atomic E-state index is 0.0106. The molecule has 1 aliphatic heterocycles. The second-order valence-corrected chi connectivity index (χ2v) is 13.7. The average Bonchev–Trinajstić information content (AvgIpc) is 3.53. The third-order valence-corrected chi connectivity index (χ3v) is 7.73. The Morgan fingerprint density at radius 3 is 2.26 bits per heavy atom. The first-order valence-electron chi connectivity index (χ1n) is 15.0. The highest BCUT2D eigenvalue weighted by Gasteiger charge is 2.30. The van der Waals surface area contributed by atoms with Gasteiger partial charge in [-0.1, -0.05) is 67.5 Å². The first-order chi connectivity index (χ1) is 19.5. The lowest BCUT2D eigenvalue weighted by atomic mass is 9.86. The van der Waals surface area contributed by atoms with Crippen molar-refractivity contribution in [2.24, 2.45) is 10.8 Å². The second-order valence-electron chi connectivity index (χ2n) is 12.8. The van der Waals surface area contributed by atoms with Crippen LogP contribution < -0.4 is 15.4 Å². The van der Waals surface area contributed by atoms with Gasteiger partial charge in [-0.25, -0.2) is 4.98 Å². The Labute approximate surface area is 258 Å². The number of likely N-dealkylation sites (tertiary alicyclic amines) is 1. The molecule has 2 atom stereocenters. The predicted molar refractivity (Wildman–Crippen MR) is 174 cm³/mol. The Balaban J connectivity index is 0.000000470. The van der Waals surface area contributed by atoms with Crippen LogP contribution in [0.3, 0.4) is 0 Å². The number of carbonyl (C=O) groups excluding carboxylic acids is 3. The Bertz CT molecular complexity index is 1150. The van der Waals surface area contributed by atoms with E-state index in [1.807, 2.05) is 94.8 Å². The molecule has 3 rings (SSSR count). The molecule has 1 aromatic carbocycles. The van der Waals surface area contributed by atoms with Crippen molar-refractivity contribution in [3.8, 4) is 16.2 Å². The molecule has 2 N–H and O–H groups in total. The molecule has 8 nitrogen and oxygen atoms in total. The number of nitrogens with one attached hydrogen (secondary N) is 2. The molecule has 0 saturated carbocycles. The van der Waals surface area contributed by atoms with Crippen LogP contribution in [0.15, 0.2) is 23.7 Å². The number of hydrogen-bond acceptors (Lipinski definition) is 7. The number of rotatable bonds is 8. The standard InChI is InChI=1S/C20H27N3O2S.C11H21NO2.C2H6/c1-13(2)25-18-10-15(19-14(3)22-12-26-19)7-8-16(18)11-21-20(24)17-6-5-9-23(17)4;1-10(2,3)8(7-13)12-9(14)11(4,5)6;1-2/h7-8,10,12-13,17H,5-6,9,11H2,1-4H3,(H,21,24);7-8H,1-6H3,(H,12,14);1-2H3. The van der Waals surface area contributed by atoms with Gasteiger partial charge >= 0.3 is 0 Å². The number of amides is 2. The number of nitrogens with zero attached hydrogens (tertiary/aromatic N) is 2. The van der Waals surface area contributed by atoms with Crippen LogP contribution in [0, 0.1) is 17.8 Å². The fraction of sp³-hybridized carbons (Fsp3) is 0.636. The Morgan fingerprint density at radius 2 is 1.81 bits per heavy atom. The summed E-state index contributed by atoms with van der Waals surface area (Å²) >= 11 is 1.63. The summed E-state index contributed by atoms with van der Waals surface area (Å²) < 4.78 is 6.03. The summed E-state index contributed by atoms with van der Waals surface area (Å²) in [5, 5.41) is 5.82. The lowest BCUT2D eigenvalue weighted by Gasteiger charge is -2.29. The van der Waals surface area contributed by atoms with Crippen molar-refractivity contribution in [3.05, 3.63) is 35.0 Å². The summed E-state index contributed by atoms with van der Waals surface area (Å²) in [6.45, 7) is 22.8. The van der Waals surface area contributed by atoms with Gasteiger partial charge in [-0.2, -0.15) is 0 Å². The van der Waals surface area contributed by atoms with Crippen LogP contribution in [-0.2, 0) is 20.9 Å². The second kappa shape index (κ2) is 16.8. The molecule has 0 radical (unpaired) electrons. The fourth-order valence-electron chi connectivity index (χ4n) is 4.14. The van der Waals surface area contributed by atoms with Crippen molar-refractivity contribution in [2.75, 3.05) is 13.6 Å². The highest BCUT2D eigenvalue weighted by molar-refractivity contribution is 7.13. The van der Waals surface area contributed by atoms with Gasteiger partial charge in [0.25, 0.3) is 0 Å². The first-order valence-corrected chi connectivity index (χ1v) is 15.9. The molecule has 2 amide bonds. The topological polar surface area (TPSA) is 101 Å². The number of hydrogen-bond donors (Lipinski definition) is 2. The minimum Gasteiger partial charge on any atom is -0.491 e. The van der Waals surface area contributed by atoms with E-state index in [-0.39, 0.29) is 29.4 Å². The summed E-state index contributed by atoms with van der Waals surface area (Å²) in [6.07, 6.45) is 2.88. The largest absolute Gasteiger partial charge is 0.491 e. The van der Waals surface area contributed by atoms with Crippen molar-refractivity contribution >= 4 is 29.4 Å². The predicted octanol–water partition coefficient (Wildman–Crippen LogP) is 6.40. The number of ether oxygens (including phenoxy) is 1. The van der Waals surface area contributed by atoms with Crippen molar-refractivity contribution in [2.45, 2.75) is 114 Å². The van der Waals surface area contributed by atoms with Crippen LogP contribution >= 0.6 is 11.3 Å². The Hall–Kier alpha value is -2.78. The number of thiazole rings is 1. The van der Waals surface area contributed by atoms with Crippen LogP contribution in [0.5, 0.6) is 5.75 Å². The summed E-state index contributed by atoms with van der Waals surface area (Å²) in [5.41, 5.74) is 4.30. The summed E-state index contributed by atoms with van der Waals surface area (Å²) in [6, 6.07) is 5.75. The van der Waals surface area contributed by atoms with Crippen LogP contribution in [-0.4, -0.2) is 59.8 Å². The minimum atomic E-state index is -0.452. The van der Waals surface area contributed by atoms with Gasteiger partial charge in [0.1, 0.15) is 12.0 Å². The number of benzene rings is 1. The Kier molecular flexibility index (Phi) is 14.9. The van der Waals surface area contributed by atoms with E-state index >= 15 is 0 Å². The third-order valence-electron chi connectivity index (χ3n) is 6.75. The van der Waals surface area contributed by atoms with Gasteiger partial charge in [0, 0.05) is 17.5 Å². The van der Waals surface area contributed by atoms with E-state index in [1.165, 1.54) is 0 Å². The molecule has 9 heteroatoms. The van der Waals surface area contributed by atoms with Gasteiger partial charge in [-0.15, -0.1) is 11.3 Å². The maximum Gasteiger partial charge on any atom is 0.237 e. The maximum absolute atomic E-state index is 12.5. The van der Waals surface area contributed by atoms with E-state index in [0.717, 1.165) is 53.1 Å². The van der Waals surface area contributed by atoms with Crippen molar-refractivity contribution in [1.82, 2.24) is 20.5 Å². The number of aryl methyl sites for hydroxylation is 1. The molecule has 236 valence electrons. The van der Waals surface area contributed by atoms with E-state index in [2.05, 4.69) is 32.7 Å². The molecule has 0 spiro atoms. The summed E-state index contributed by atoms with van der Waals surface area (Å²) in [4.78, 5) is 42.5. The number of carbonyl (C=O) groups is 3. The summed E-state index contributed by atoms with van der Waals surface area (Å²) in [7, 11) is 2.01. The van der Waals surface area contributed by atoms with Gasteiger partial charge in [0.05, 0.1) is 34.3 Å². The molecule has 1 aromatic heterocycles. The molecule has 2 heterocycles. The third kappa shape index (κ3) is 11.5. The van der Waals surface area contributed by atoms with Crippen LogP contribution in [0.2, 0.25) is 0 Å². The molecule has 2 unspecified atom stereocenters. The van der Waals surface area contributed by atoms with Crippen LogP contribution in [0.1, 0.15) is 93.3 Å². The van der Waals surface area contributed by atoms with Gasteiger partial charge in [0.2, 0.25) is 11.8 Å². The van der Waals surface area contributed by atoms with Gasteiger partial charge in [0.15, 0.2) is 0 Å². The zero-order chi connectivity index (χ0) is 32.3. The average molecular weight is 603 g/mol. The van der Waals surface area contributed by atoms with Crippen molar-refractivity contribution < 1.29 is 19.1 Å². The monoisotopic (exact) mass is 602 g/mol. The van der Waals surface area contributed by atoms with Crippen LogP contribution in [0.4, 0.5) is 0 Å². The van der Waals surface area contributed by atoms with Gasteiger partial charge in [-0.05, 0) is 64.3 Å². The van der Waals surface area contributed by atoms with Crippen LogP contribution in [0.25, 0.3) is 10.4 Å². The quantitative estimate of drug-likeness (QED) is 0.339. The number of aldehydes is 1. The number of aromatic nitrogens is 1. The highest BCUT2D eigenvalue weighted by Crippen LogP contribution is 2.32. The SMILES string of the molecule is CC.CC(C)(C)C(=O)NC(C=O)C(C)(C)C.Cc1ncsc1-c1ccc(CNC(=O)C2CCCN2C)c(OC(C)C)c1. The zero-order valence-corrected chi connectivity index (χ0v) is 28.7. The van der Waals surface area contributed by atoms with E-state index in [4.69, 9.17) is 4.74 Å². The molecular formula is C33H54N4O4S. The molecule has 0 aliphatic carbocycles. The van der Waals surface area contributed by atoms with Crippen molar-refractivity contribution in [1.29, 1.82) is 0 Å². The molecule has 1 fully saturated rings. The lowest BCUT2D eigenvalue weighted by molar-refractivity contribution is -0.132. The maximum atomic E-state index is 12.5. The smallest absolute Gasteiger partial charge is 0.237 e. The van der Waals surface area contributed by atoms with E-state index in [1.54, 1.807) is 11.3 Å². The normalized spacial score (nSPS) is 16.0. The molecule has 2 aromatic rings. The highest BCUT2D eigenvalue weighted by atomic mass is 32.1. The fourth-order valence-corrected chi connectivity index (χ4v) is 4.94. The Morgan fingerprint density at radius 1 is 1.17 bits per heavy atom. The lowest BCUT2D eigenvalue weighted by Crippen LogP contribution is -2.48. The summed E-state index contributed by atoms with van der Waals surface area (Å²) in [5.74, 6) is 0.831. The first kappa shape index (κ1) is 37.2. The molecule has 1 saturated heterocycles. The zero-order valence-electron chi connectivity index (χ0n) is 27.9. The molecular weight excluding hydrogens is 548 g/mol. The van der Waals surface area contributed by atoms with Gasteiger partial charge in [-0.3, -0.25) is 14.5 Å². The van der Waals surface area contributed by atoms with E-state index in [0.29, 0.717) is 6.54 Å². The van der Waals surface area contributed by atoms with Crippen molar-refractivity contribution in [3.63, 3.8) is 0 Å². The molecule has 42 heavy (non-hydrogen) atoms.